The highest BCUT2D eigenvalue weighted by molar-refractivity contribution is 14.1. The van der Waals surface area contributed by atoms with Crippen LogP contribution >= 0.6 is 22.6 Å². The van der Waals surface area contributed by atoms with Crippen LogP contribution in [0, 0.1) is 3.70 Å². The third-order valence-corrected chi connectivity index (χ3v) is 7.86. The zero-order chi connectivity index (χ0) is 25.5. The predicted molar refractivity (Wildman–Crippen MR) is 148 cm³/mol. The largest absolute Gasteiger partial charge is 0.358 e. The van der Waals surface area contributed by atoms with Crippen LogP contribution in [0.2, 0.25) is 0 Å². The second-order valence-electron chi connectivity index (χ2n) is 9.84. The third-order valence-electron chi connectivity index (χ3n) is 7.02. The molecule has 0 N–H and O–H groups in total. The van der Waals surface area contributed by atoms with Gasteiger partial charge < -0.3 is 18.9 Å². The number of halogens is 1. The average molecular weight is 608 g/mol. The maximum absolute atomic E-state index is 7.06. The molecule has 37 heavy (non-hydrogen) atoms. The Morgan fingerprint density at radius 2 is 1.35 bits per heavy atom. The minimum atomic E-state index is -0.834. The standard InChI is InChI=1S/C30H29IN2O4/c1-29(2)36-26-24(35-28(27(26)37-29)33-20-32-18-25(33)31)19-34-30(21-12-6-3-7-13-21,22-14-8-4-9-15-22)23-16-10-5-11-17-23/h3-18,20,24,26-28H,19H2,1-2H3/t24-,26-,27-,28-/m1/s1. The van der Waals surface area contributed by atoms with E-state index in [-0.39, 0.29) is 24.5 Å². The van der Waals surface area contributed by atoms with Crippen molar-refractivity contribution in [3.63, 3.8) is 0 Å². The number of nitrogens with zero attached hydrogens (tertiary/aromatic N) is 2. The Balaban J connectivity index is 1.40. The van der Waals surface area contributed by atoms with E-state index in [1.165, 1.54) is 0 Å². The van der Waals surface area contributed by atoms with Gasteiger partial charge in [-0.3, -0.25) is 4.57 Å². The van der Waals surface area contributed by atoms with Crippen molar-refractivity contribution in [3.8, 4) is 0 Å². The van der Waals surface area contributed by atoms with Crippen LogP contribution in [0.15, 0.2) is 104 Å². The first-order valence-electron chi connectivity index (χ1n) is 12.5. The van der Waals surface area contributed by atoms with Crippen molar-refractivity contribution in [3.05, 3.63) is 124 Å². The first kappa shape index (κ1) is 24.8. The van der Waals surface area contributed by atoms with E-state index < -0.39 is 11.4 Å². The van der Waals surface area contributed by atoms with Crippen LogP contribution in [0.3, 0.4) is 0 Å². The molecule has 2 fully saturated rings. The molecular weight excluding hydrogens is 579 g/mol. The molecule has 0 amide bonds. The van der Waals surface area contributed by atoms with E-state index in [1.807, 2.05) is 42.8 Å². The summed E-state index contributed by atoms with van der Waals surface area (Å²) < 4.78 is 29.3. The summed E-state index contributed by atoms with van der Waals surface area (Å²) in [6.07, 6.45) is 2.35. The molecule has 6 rings (SSSR count). The first-order chi connectivity index (χ1) is 18.0. The molecule has 0 aliphatic carbocycles. The Morgan fingerprint density at radius 1 is 0.838 bits per heavy atom. The van der Waals surface area contributed by atoms with Gasteiger partial charge in [-0.15, -0.1) is 0 Å². The molecule has 190 valence electrons. The molecule has 0 saturated carbocycles. The van der Waals surface area contributed by atoms with E-state index >= 15 is 0 Å². The second-order valence-corrected chi connectivity index (χ2v) is 10.9. The van der Waals surface area contributed by atoms with Crippen molar-refractivity contribution >= 4 is 22.6 Å². The lowest BCUT2D eigenvalue weighted by molar-refractivity contribution is -0.205. The average Bonchev–Trinajstić information content (AvgIpc) is 3.58. The van der Waals surface area contributed by atoms with Crippen LogP contribution in [0.4, 0.5) is 0 Å². The Morgan fingerprint density at radius 3 is 1.84 bits per heavy atom. The summed E-state index contributed by atoms with van der Waals surface area (Å²) in [5, 5.41) is 0. The van der Waals surface area contributed by atoms with Gasteiger partial charge in [-0.05, 0) is 53.1 Å². The summed E-state index contributed by atoms with van der Waals surface area (Å²) in [5.74, 6) is -0.711. The quantitative estimate of drug-likeness (QED) is 0.193. The summed E-state index contributed by atoms with van der Waals surface area (Å²) in [5.41, 5.74) is 2.31. The van der Waals surface area contributed by atoms with E-state index in [0.717, 1.165) is 20.4 Å². The summed E-state index contributed by atoms with van der Waals surface area (Å²) in [6.45, 7) is 4.20. The Bertz CT molecular complexity index is 1230. The lowest BCUT2D eigenvalue weighted by atomic mass is 9.80. The van der Waals surface area contributed by atoms with E-state index in [9.17, 15) is 0 Å². The van der Waals surface area contributed by atoms with Crippen molar-refractivity contribution in [2.24, 2.45) is 0 Å². The minimum absolute atomic E-state index is 0.272. The molecule has 7 heteroatoms. The lowest BCUT2D eigenvalue weighted by Crippen LogP contribution is -2.39. The highest BCUT2D eigenvalue weighted by Crippen LogP contribution is 2.46. The zero-order valence-corrected chi connectivity index (χ0v) is 22.9. The van der Waals surface area contributed by atoms with Crippen molar-refractivity contribution in [1.29, 1.82) is 0 Å². The zero-order valence-electron chi connectivity index (χ0n) is 20.7. The molecule has 0 spiro atoms. The van der Waals surface area contributed by atoms with Crippen molar-refractivity contribution in [1.82, 2.24) is 9.55 Å². The van der Waals surface area contributed by atoms with Crippen LogP contribution in [0.25, 0.3) is 0 Å². The van der Waals surface area contributed by atoms with Gasteiger partial charge >= 0.3 is 0 Å². The summed E-state index contributed by atoms with van der Waals surface area (Å²) in [4.78, 5) is 4.29. The number of imidazole rings is 1. The highest BCUT2D eigenvalue weighted by Gasteiger charge is 2.56. The van der Waals surface area contributed by atoms with Gasteiger partial charge in [-0.2, -0.15) is 0 Å². The van der Waals surface area contributed by atoms with Gasteiger partial charge in [0, 0.05) is 0 Å². The molecule has 4 atom stereocenters. The molecule has 3 heterocycles. The van der Waals surface area contributed by atoms with Gasteiger partial charge in [0.15, 0.2) is 12.0 Å². The van der Waals surface area contributed by atoms with Gasteiger partial charge in [0.05, 0.1) is 19.1 Å². The molecule has 0 unspecified atom stereocenters. The predicted octanol–water partition coefficient (Wildman–Crippen LogP) is 5.91. The molecule has 2 saturated heterocycles. The van der Waals surface area contributed by atoms with Crippen LogP contribution in [0.1, 0.15) is 36.8 Å². The van der Waals surface area contributed by atoms with E-state index in [4.69, 9.17) is 18.9 Å². The molecule has 0 bridgehead atoms. The highest BCUT2D eigenvalue weighted by atomic mass is 127. The normalized spacial score (nSPS) is 24.7. The SMILES string of the molecule is CC1(C)O[C@@H]2[C@H](O1)[C@@H](COC(c1ccccc1)(c1ccccc1)c1ccccc1)O[C@H]2n1cncc1I. The Kier molecular flexibility index (Phi) is 6.66. The molecule has 3 aromatic carbocycles. The van der Waals surface area contributed by atoms with Gasteiger partial charge in [0.1, 0.15) is 27.6 Å². The minimum Gasteiger partial charge on any atom is -0.358 e. The number of ether oxygens (including phenoxy) is 4. The Labute approximate surface area is 230 Å². The fourth-order valence-electron chi connectivity index (χ4n) is 5.47. The maximum atomic E-state index is 7.06. The van der Waals surface area contributed by atoms with Crippen LogP contribution in [-0.2, 0) is 24.5 Å². The number of benzene rings is 3. The number of hydrogen-bond donors (Lipinski definition) is 0. The smallest absolute Gasteiger partial charge is 0.165 e. The van der Waals surface area contributed by atoms with Crippen LogP contribution in [-0.4, -0.2) is 40.3 Å². The second kappa shape index (κ2) is 9.96. The number of hydrogen-bond acceptors (Lipinski definition) is 5. The maximum Gasteiger partial charge on any atom is 0.165 e. The van der Waals surface area contributed by atoms with Crippen LogP contribution in [0.5, 0.6) is 0 Å². The van der Waals surface area contributed by atoms with E-state index in [1.54, 1.807) is 6.33 Å². The summed E-state index contributed by atoms with van der Waals surface area (Å²) in [7, 11) is 0. The first-order valence-corrected chi connectivity index (χ1v) is 13.5. The molecular formula is C30H29IN2O4. The van der Waals surface area contributed by atoms with Crippen molar-refractivity contribution in [2.75, 3.05) is 6.61 Å². The van der Waals surface area contributed by atoms with E-state index in [2.05, 4.69) is 100 Å². The number of fused-ring (bicyclic) bond motifs is 1. The van der Waals surface area contributed by atoms with Gasteiger partial charge in [-0.1, -0.05) is 91.0 Å². The molecule has 6 nitrogen and oxygen atoms in total. The van der Waals surface area contributed by atoms with Gasteiger partial charge in [-0.25, -0.2) is 4.98 Å². The lowest BCUT2D eigenvalue weighted by Gasteiger charge is -2.37. The van der Waals surface area contributed by atoms with Gasteiger partial charge in [0.25, 0.3) is 0 Å². The van der Waals surface area contributed by atoms with E-state index in [0.29, 0.717) is 6.61 Å². The third kappa shape index (κ3) is 4.53. The van der Waals surface area contributed by atoms with Crippen molar-refractivity contribution in [2.45, 2.75) is 49.8 Å². The summed E-state index contributed by atoms with van der Waals surface area (Å²) >= 11 is 2.27. The van der Waals surface area contributed by atoms with Crippen molar-refractivity contribution < 1.29 is 18.9 Å². The fraction of sp³-hybridized carbons (Fsp3) is 0.300. The number of aromatic nitrogens is 2. The molecule has 0 radical (unpaired) electrons. The van der Waals surface area contributed by atoms with Gasteiger partial charge in [0.2, 0.25) is 0 Å². The monoisotopic (exact) mass is 608 g/mol. The van der Waals surface area contributed by atoms with Crippen LogP contribution < -0.4 is 0 Å². The topological polar surface area (TPSA) is 54.7 Å². The Hall–Kier alpha value is -2.56. The molecule has 2 aliphatic rings. The fourth-order valence-corrected chi connectivity index (χ4v) is 6.03. The molecule has 2 aliphatic heterocycles. The molecule has 4 aromatic rings. The molecule has 1 aromatic heterocycles. The number of rotatable bonds is 7. The summed E-state index contributed by atoms with van der Waals surface area (Å²) in [6, 6.07) is 31.1.